The summed E-state index contributed by atoms with van der Waals surface area (Å²) in [6.07, 6.45) is 0. The summed E-state index contributed by atoms with van der Waals surface area (Å²) in [5.74, 6) is 0. The van der Waals surface area contributed by atoms with Gasteiger partial charge >= 0.3 is 55.8 Å². The average Bonchev–Trinajstić information content (AvgIpc) is 1.35. The second kappa shape index (κ2) is 6.76. The molecule has 0 aromatic rings. The van der Waals surface area contributed by atoms with Crippen molar-refractivity contribution in [1.29, 1.82) is 0 Å². The Morgan fingerprint density at radius 2 is 1.25 bits per heavy atom. The van der Waals surface area contributed by atoms with Crippen molar-refractivity contribution in [2.45, 2.75) is 19.6 Å². The topological polar surface area (TPSA) is 12.0 Å². The minimum atomic E-state index is -0.841. The maximum Gasteiger partial charge on any atom is -0.147 e. The van der Waals surface area contributed by atoms with Crippen molar-refractivity contribution in [2.75, 3.05) is 0 Å². The molecule has 51 valence electrons. The summed E-state index contributed by atoms with van der Waals surface area (Å²) < 4.78 is 3.33. The normalized spacial score (nSPS) is 8.75. The number of nitrogens with one attached hydrogen (secondary N) is 1. The quantitative estimate of drug-likeness (QED) is 0.701. The Morgan fingerprint density at radius 3 is 1.25 bits per heavy atom. The predicted octanol–water partition coefficient (Wildman–Crippen LogP) is 1.72. The van der Waals surface area contributed by atoms with Crippen LogP contribution in [0.25, 0.3) is 0 Å². The maximum atomic E-state index is 3.33. The van der Waals surface area contributed by atoms with Crippen LogP contribution in [0.4, 0.5) is 0 Å². The SMILES string of the molecule is C[Si](C)(C)[NH][Zr].Cl.Cl. The molecule has 0 amide bonds. The predicted molar refractivity (Wildman–Crippen MR) is 41.0 cm³/mol. The summed E-state index contributed by atoms with van der Waals surface area (Å²) in [7, 11) is -0.841. The molecule has 1 nitrogen and oxygen atoms in total. The van der Waals surface area contributed by atoms with E-state index in [2.05, 4.69) is 22.6 Å². The monoisotopic (exact) mass is 250 g/mol. The first-order chi connectivity index (χ1) is 2.56. The van der Waals surface area contributed by atoms with Crippen molar-refractivity contribution >= 4 is 33.0 Å². The molecule has 0 aliphatic carbocycles. The van der Waals surface area contributed by atoms with Gasteiger partial charge in [-0.2, -0.15) is 0 Å². The van der Waals surface area contributed by atoms with E-state index in [-0.39, 0.29) is 24.8 Å². The molecule has 0 saturated carbocycles. The van der Waals surface area contributed by atoms with E-state index in [1.807, 2.05) is 0 Å². The molecule has 0 unspecified atom stereocenters. The van der Waals surface area contributed by atoms with Gasteiger partial charge < -0.3 is 0 Å². The Hall–Kier alpha value is 1.64. The maximum absolute atomic E-state index is 3.33. The van der Waals surface area contributed by atoms with E-state index < -0.39 is 8.24 Å². The van der Waals surface area contributed by atoms with E-state index in [0.717, 1.165) is 0 Å². The molecule has 0 aliphatic heterocycles. The van der Waals surface area contributed by atoms with Gasteiger partial charge in [-0.3, -0.25) is 0 Å². The van der Waals surface area contributed by atoms with E-state index in [0.29, 0.717) is 0 Å². The first kappa shape index (κ1) is 16.3. The number of rotatable bonds is 1. The fraction of sp³-hybridized carbons (Fsp3) is 1.00. The Bertz CT molecular complexity index is 47.0. The summed E-state index contributed by atoms with van der Waals surface area (Å²) in [6.45, 7) is 6.88. The summed E-state index contributed by atoms with van der Waals surface area (Å²) >= 11 is 1.46. The molecule has 0 spiro atoms. The first-order valence-electron chi connectivity index (χ1n) is 2.00. The van der Waals surface area contributed by atoms with Crippen LogP contribution in [0.3, 0.4) is 0 Å². The van der Waals surface area contributed by atoms with E-state index in [1.54, 1.807) is 0 Å². The second-order valence-corrected chi connectivity index (χ2v) is 8.97. The fourth-order valence-corrected chi connectivity index (χ4v) is 0. The van der Waals surface area contributed by atoms with Crippen LogP contribution in [0, 0.1) is 0 Å². The van der Waals surface area contributed by atoms with Crippen LogP contribution in [0.2, 0.25) is 19.6 Å². The second-order valence-electron chi connectivity index (χ2n) is 2.38. The van der Waals surface area contributed by atoms with E-state index in [4.69, 9.17) is 0 Å². The van der Waals surface area contributed by atoms with Gasteiger partial charge in [-0.15, -0.1) is 24.8 Å². The minimum absolute atomic E-state index is 0. The first-order valence-corrected chi connectivity index (χ1v) is 6.73. The Kier molecular flexibility index (Phi) is 13.8. The standard InChI is InChI=1S/C3H10NSi.2ClH.Zr/c1-5(2,3)4;;;/h4H,1-3H3;2*1H;/q-1;;;+1. The molecular formula is C3H12Cl2NSiZr. The molecule has 0 saturated heterocycles. The van der Waals surface area contributed by atoms with Gasteiger partial charge in [0.25, 0.3) is 0 Å². The zero-order valence-corrected chi connectivity index (χ0v) is 10.4. The van der Waals surface area contributed by atoms with Crippen LogP contribution in [-0.2, 0) is 25.0 Å². The Balaban J connectivity index is -0.000000125. The average molecular weight is 252 g/mol. The van der Waals surface area contributed by atoms with Gasteiger partial charge in [0.2, 0.25) is 0 Å². The van der Waals surface area contributed by atoms with Crippen LogP contribution < -0.4 is 2.93 Å². The Labute approximate surface area is 80.2 Å². The Morgan fingerprint density at radius 1 is 1.12 bits per heavy atom. The molecule has 0 fully saturated rings. The van der Waals surface area contributed by atoms with Gasteiger partial charge in [0.1, 0.15) is 0 Å². The van der Waals surface area contributed by atoms with Crippen LogP contribution in [-0.4, -0.2) is 8.24 Å². The van der Waals surface area contributed by atoms with E-state index in [1.165, 1.54) is 25.0 Å². The molecule has 0 heterocycles. The molecular weight excluding hydrogens is 240 g/mol. The minimum Gasteiger partial charge on any atom is -0.147 e. The van der Waals surface area contributed by atoms with E-state index >= 15 is 0 Å². The summed E-state index contributed by atoms with van der Waals surface area (Å²) in [5.41, 5.74) is 0. The van der Waals surface area contributed by atoms with Crippen molar-refractivity contribution in [3.63, 3.8) is 0 Å². The smallest absolute Gasteiger partial charge is 0.147 e. The number of hydrogen-bond donors (Lipinski definition) is 1. The van der Waals surface area contributed by atoms with Crippen LogP contribution in [0.15, 0.2) is 0 Å². The molecule has 0 bridgehead atoms. The molecule has 1 N–H and O–H groups in total. The van der Waals surface area contributed by atoms with Gasteiger partial charge in [0.05, 0.1) is 0 Å². The summed E-state index contributed by atoms with van der Waals surface area (Å²) in [5, 5.41) is 0. The van der Waals surface area contributed by atoms with Gasteiger partial charge in [-0.25, -0.2) is 0 Å². The largest absolute Gasteiger partial charge is 0.147 e. The molecule has 8 heavy (non-hydrogen) atoms. The molecule has 0 aromatic heterocycles. The van der Waals surface area contributed by atoms with Crippen molar-refractivity contribution in [1.82, 2.24) is 2.93 Å². The van der Waals surface area contributed by atoms with Crippen LogP contribution in [0.1, 0.15) is 0 Å². The third-order valence-electron chi connectivity index (χ3n) is 0.375. The molecule has 0 radical (unpaired) electrons. The van der Waals surface area contributed by atoms with Gasteiger partial charge in [-0.05, 0) is 0 Å². The van der Waals surface area contributed by atoms with Gasteiger partial charge in [0.15, 0.2) is 0 Å². The zero-order chi connectivity index (χ0) is 5.21. The molecule has 0 atom stereocenters. The third-order valence-corrected chi connectivity index (χ3v) is 6.66. The molecule has 0 rings (SSSR count). The van der Waals surface area contributed by atoms with Crippen LogP contribution in [0.5, 0.6) is 0 Å². The van der Waals surface area contributed by atoms with Crippen molar-refractivity contribution < 1.29 is 25.0 Å². The summed E-state index contributed by atoms with van der Waals surface area (Å²) in [4.78, 5) is 0. The molecule has 5 heteroatoms. The van der Waals surface area contributed by atoms with Gasteiger partial charge in [0, 0.05) is 0 Å². The van der Waals surface area contributed by atoms with Crippen molar-refractivity contribution in [3.05, 3.63) is 0 Å². The number of halogens is 2. The molecule has 0 aliphatic rings. The van der Waals surface area contributed by atoms with E-state index in [9.17, 15) is 0 Å². The third kappa shape index (κ3) is 15.6. The molecule has 0 aromatic carbocycles. The zero-order valence-electron chi connectivity index (χ0n) is 5.32. The summed E-state index contributed by atoms with van der Waals surface area (Å²) in [6, 6.07) is 0. The van der Waals surface area contributed by atoms with Crippen molar-refractivity contribution in [3.8, 4) is 0 Å². The fourth-order valence-electron chi connectivity index (χ4n) is 0. The van der Waals surface area contributed by atoms with Crippen molar-refractivity contribution in [2.24, 2.45) is 0 Å². The van der Waals surface area contributed by atoms with Crippen LogP contribution >= 0.6 is 24.8 Å². The number of hydrogen-bond acceptors (Lipinski definition) is 1. The van der Waals surface area contributed by atoms with Gasteiger partial charge in [-0.1, -0.05) is 0 Å².